The molecule has 2 heterocycles. The molecule has 1 N–H and O–H groups in total. The van der Waals surface area contributed by atoms with Crippen LogP contribution in [0.5, 0.6) is 0 Å². The zero-order valence-corrected chi connectivity index (χ0v) is 11.1. The van der Waals surface area contributed by atoms with E-state index in [2.05, 4.69) is 15.3 Å². The Bertz CT molecular complexity index is 789. The number of hydrogen-bond acceptors (Lipinski definition) is 3. The van der Waals surface area contributed by atoms with Crippen molar-refractivity contribution in [1.82, 2.24) is 9.97 Å². The van der Waals surface area contributed by atoms with E-state index in [9.17, 15) is 4.79 Å². The number of para-hydroxylation sites is 1. The molecule has 98 valence electrons. The highest BCUT2D eigenvalue weighted by Crippen LogP contribution is 2.18. The van der Waals surface area contributed by atoms with Crippen molar-refractivity contribution in [2.24, 2.45) is 0 Å². The van der Waals surface area contributed by atoms with E-state index in [0.29, 0.717) is 11.3 Å². The van der Waals surface area contributed by atoms with Gasteiger partial charge in [0.15, 0.2) is 0 Å². The number of rotatable bonds is 2. The van der Waals surface area contributed by atoms with Crippen molar-refractivity contribution in [3.8, 4) is 0 Å². The van der Waals surface area contributed by atoms with Crippen LogP contribution in [0.1, 0.15) is 10.4 Å². The number of aromatic nitrogens is 2. The number of anilines is 1. The molecule has 5 heteroatoms. The lowest BCUT2D eigenvalue weighted by molar-refractivity contribution is 0.102. The molecule has 1 amide bonds. The topological polar surface area (TPSA) is 54.9 Å². The van der Waals surface area contributed by atoms with Crippen molar-refractivity contribution in [1.29, 1.82) is 0 Å². The van der Waals surface area contributed by atoms with E-state index in [1.54, 1.807) is 18.3 Å². The summed E-state index contributed by atoms with van der Waals surface area (Å²) in [6.07, 6.45) is 3.15. The molecule has 2 aromatic heterocycles. The van der Waals surface area contributed by atoms with Gasteiger partial charge in [-0.3, -0.25) is 9.78 Å². The summed E-state index contributed by atoms with van der Waals surface area (Å²) in [5.74, 6) is -0.305. The zero-order valence-electron chi connectivity index (χ0n) is 10.4. The number of halogens is 1. The number of carbonyl (C=O) groups is 1. The molecule has 0 atom stereocenters. The van der Waals surface area contributed by atoms with E-state index in [1.165, 1.54) is 6.20 Å². The summed E-state index contributed by atoms with van der Waals surface area (Å²) >= 11 is 5.89. The third kappa shape index (κ3) is 2.46. The van der Waals surface area contributed by atoms with Gasteiger partial charge in [-0.25, -0.2) is 4.98 Å². The van der Waals surface area contributed by atoms with Gasteiger partial charge in [-0.2, -0.15) is 0 Å². The molecule has 0 spiro atoms. The van der Waals surface area contributed by atoms with E-state index >= 15 is 0 Å². The van der Waals surface area contributed by atoms with E-state index < -0.39 is 0 Å². The van der Waals surface area contributed by atoms with E-state index in [-0.39, 0.29) is 11.1 Å². The summed E-state index contributed by atoms with van der Waals surface area (Å²) in [5, 5.41) is 3.91. The number of nitrogens with one attached hydrogen (secondary N) is 1. The summed E-state index contributed by atoms with van der Waals surface area (Å²) in [4.78, 5) is 20.3. The number of fused-ring (bicyclic) bond motifs is 1. The minimum atomic E-state index is -0.305. The summed E-state index contributed by atoms with van der Waals surface area (Å²) in [6.45, 7) is 0. The lowest BCUT2D eigenvalue weighted by Gasteiger charge is -2.06. The van der Waals surface area contributed by atoms with Gasteiger partial charge in [0, 0.05) is 11.6 Å². The molecule has 3 rings (SSSR count). The summed E-state index contributed by atoms with van der Waals surface area (Å²) < 4.78 is 0. The van der Waals surface area contributed by atoms with Crippen LogP contribution in [0.3, 0.4) is 0 Å². The molecule has 0 radical (unpaired) electrons. The maximum absolute atomic E-state index is 12.1. The number of carbonyl (C=O) groups excluding carboxylic acids is 1. The van der Waals surface area contributed by atoms with Gasteiger partial charge in [0.05, 0.1) is 23.0 Å². The molecule has 20 heavy (non-hydrogen) atoms. The van der Waals surface area contributed by atoms with Crippen LogP contribution in [0.25, 0.3) is 10.9 Å². The average Bonchev–Trinajstić information content (AvgIpc) is 2.47. The first kappa shape index (κ1) is 12.6. The van der Waals surface area contributed by atoms with Gasteiger partial charge < -0.3 is 5.32 Å². The van der Waals surface area contributed by atoms with Crippen molar-refractivity contribution >= 4 is 34.1 Å². The van der Waals surface area contributed by atoms with Crippen molar-refractivity contribution in [2.75, 3.05) is 5.32 Å². The fourth-order valence-electron chi connectivity index (χ4n) is 1.89. The Morgan fingerprint density at radius 2 is 1.95 bits per heavy atom. The highest BCUT2D eigenvalue weighted by atomic mass is 35.5. The molecule has 0 saturated heterocycles. The standard InChI is InChI=1S/C15H10ClN3O/c16-14-12(5-3-7-17-14)15(20)19-11-8-10-4-1-2-6-13(10)18-9-11/h1-9H,(H,19,20). The first-order valence-electron chi connectivity index (χ1n) is 6.01. The second-order valence-electron chi connectivity index (χ2n) is 4.21. The fourth-order valence-corrected chi connectivity index (χ4v) is 2.10. The van der Waals surface area contributed by atoms with Crippen LogP contribution in [0, 0.1) is 0 Å². The molecule has 1 aromatic carbocycles. The molecule has 0 bridgehead atoms. The number of amides is 1. The molecular formula is C15H10ClN3O. The minimum absolute atomic E-state index is 0.179. The predicted octanol–water partition coefficient (Wildman–Crippen LogP) is 3.54. The Morgan fingerprint density at radius 3 is 2.80 bits per heavy atom. The van der Waals surface area contributed by atoms with Crippen LogP contribution in [-0.4, -0.2) is 15.9 Å². The van der Waals surface area contributed by atoms with Crippen molar-refractivity contribution in [3.63, 3.8) is 0 Å². The molecule has 0 aliphatic heterocycles. The second-order valence-corrected chi connectivity index (χ2v) is 4.57. The van der Waals surface area contributed by atoms with Crippen molar-refractivity contribution in [3.05, 3.63) is 65.6 Å². The zero-order chi connectivity index (χ0) is 13.9. The Balaban J connectivity index is 1.89. The summed E-state index contributed by atoms with van der Waals surface area (Å²) in [5.41, 5.74) is 1.83. The van der Waals surface area contributed by atoms with Gasteiger partial charge in [0.2, 0.25) is 0 Å². The first-order valence-corrected chi connectivity index (χ1v) is 6.38. The maximum Gasteiger partial charge on any atom is 0.258 e. The predicted molar refractivity (Wildman–Crippen MR) is 78.9 cm³/mol. The molecule has 3 aromatic rings. The van der Waals surface area contributed by atoms with Gasteiger partial charge in [0.1, 0.15) is 5.15 Å². The highest BCUT2D eigenvalue weighted by molar-refractivity contribution is 6.33. The average molecular weight is 284 g/mol. The van der Waals surface area contributed by atoms with Gasteiger partial charge in [0.25, 0.3) is 5.91 Å². The molecule has 0 aliphatic carbocycles. The van der Waals surface area contributed by atoms with Crippen LogP contribution in [0.4, 0.5) is 5.69 Å². The lowest BCUT2D eigenvalue weighted by atomic mass is 10.2. The molecule has 0 aliphatic rings. The van der Waals surface area contributed by atoms with E-state index in [0.717, 1.165) is 10.9 Å². The normalized spacial score (nSPS) is 10.4. The first-order chi connectivity index (χ1) is 9.74. The Hall–Kier alpha value is -2.46. The van der Waals surface area contributed by atoms with E-state index in [4.69, 9.17) is 11.6 Å². The second kappa shape index (κ2) is 5.27. The largest absolute Gasteiger partial charge is 0.320 e. The Morgan fingerprint density at radius 1 is 1.10 bits per heavy atom. The fraction of sp³-hybridized carbons (Fsp3) is 0. The number of pyridine rings is 2. The van der Waals surface area contributed by atoms with Crippen molar-refractivity contribution < 1.29 is 4.79 Å². The quantitative estimate of drug-likeness (QED) is 0.732. The lowest BCUT2D eigenvalue weighted by Crippen LogP contribution is -2.13. The molecule has 4 nitrogen and oxygen atoms in total. The Kier molecular flexibility index (Phi) is 3.31. The summed E-state index contributed by atoms with van der Waals surface area (Å²) in [6, 6.07) is 12.9. The monoisotopic (exact) mass is 283 g/mol. The molecule has 0 saturated carbocycles. The van der Waals surface area contributed by atoms with Crippen LogP contribution in [0.2, 0.25) is 5.15 Å². The van der Waals surface area contributed by atoms with Gasteiger partial charge in [-0.15, -0.1) is 0 Å². The Labute approximate surface area is 120 Å². The van der Waals surface area contributed by atoms with E-state index in [1.807, 2.05) is 30.3 Å². The number of nitrogens with zero attached hydrogens (tertiary/aromatic N) is 2. The van der Waals surface area contributed by atoms with Gasteiger partial charge in [-0.05, 0) is 24.3 Å². The van der Waals surface area contributed by atoms with Crippen LogP contribution < -0.4 is 5.32 Å². The summed E-state index contributed by atoms with van der Waals surface area (Å²) in [7, 11) is 0. The highest BCUT2D eigenvalue weighted by Gasteiger charge is 2.11. The SMILES string of the molecule is O=C(Nc1cnc2ccccc2c1)c1cccnc1Cl. The molecule has 0 fully saturated rings. The van der Waals surface area contributed by atoms with Crippen molar-refractivity contribution in [2.45, 2.75) is 0 Å². The van der Waals surface area contributed by atoms with Gasteiger partial charge in [-0.1, -0.05) is 29.8 Å². The van der Waals surface area contributed by atoms with Crippen LogP contribution in [0.15, 0.2) is 54.9 Å². The third-order valence-electron chi connectivity index (χ3n) is 2.85. The molecule has 0 unspecified atom stereocenters. The third-order valence-corrected chi connectivity index (χ3v) is 3.15. The number of hydrogen-bond donors (Lipinski definition) is 1. The smallest absolute Gasteiger partial charge is 0.258 e. The van der Waals surface area contributed by atoms with Crippen LogP contribution in [-0.2, 0) is 0 Å². The molecular weight excluding hydrogens is 274 g/mol. The number of benzene rings is 1. The maximum atomic E-state index is 12.1. The minimum Gasteiger partial charge on any atom is -0.320 e. The van der Waals surface area contributed by atoms with Gasteiger partial charge >= 0.3 is 0 Å². The van der Waals surface area contributed by atoms with Crippen LogP contribution >= 0.6 is 11.6 Å².